The molecular weight excluding hydrogens is 266 g/mol. The molecule has 2 bridgehead atoms. The number of carbonyl (C=O) groups is 1. The molecule has 1 N–H and O–H groups in total. The zero-order valence-corrected chi connectivity index (χ0v) is 12.7. The minimum atomic E-state index is -0.00343. The van der Waals surface area contributed by atoms with E-state index in [1.54, 1.807) is 6.20 Å². The Balaban J connectivity index is 1.61. The molecule has 0 aromatic carbocycles. The molecule has 0 spiro atoms. The van der Waals surface area contributed by atoms with Gasteiger partial charge in [0.15, 0.2) is 0 Å². The number of aromatic nitrogens is 1. The first kappa shape index (κ1) is 14.5. The molecule has 2 aliphatic rings. The summed E-state index contributed by atoms with van der Waals surface area (Å²) < 4.78 is 5.96. The molecule has 0 aliphatic carbocycles. The lowest BCUT2D eigenvalue weighted by molar-refractivity contribution is -0.128. The highest BCUT2D eigenvalue weighted by Crippen LogP contribution is 2.32. The van der Waals surface area contributed by atoms with Crippen molar-refractivity contribution >= 4 is 5.91 Å². The van der Waals surface area contributed by atoms with Gasteiger partial charge in [0.05, 0.1) is 18.1 Å². The normalized spacial score (nSPS) is 28.8. The number of hydrogen-bond donors (Lipinski definition) is 1. The summed E-state index contributed by atoms with van der Waals surface area (Å²) in [6.07, 6.45) is 4.74. The third-order valence-electron chi connectivity index (χ3n) is 4.13. The second-order valence-electron chi connectivity index (χ2n) is 6.36. The molecule has 5 nitrogen and oxygen atoms in total. The summed E-state index contributed by atoms with van der Waals surface area (Å²) >= 11 is 0. The second-order valence-corrected chi connectivity index (χ2v) is 6.36. The van der Waals surface area contributed by atoms with Crippen LogP contribution in [0.4, 0.5) is 0 Å². The fourth-order valence-electron chi connectivity index (χ4n) is 3.28. The summed E-state index contributed by atoms with van der Waals surface area (Å²) in [4.78, 5) is 18.8. The van der Waals surface area contributed by atoms with Crippen molar-refractivity contribution in [2.75, 3.05) is 13.1 Å². The van der Waals surface area contributed by atoms with Crippen LogP contribution in [-0.4, -0.2) is 47.1 Å². The number of rotatable bonds is 4. The molecule has 0 radical (unpaired) electrons. The Hall–Kier alpha value is -1.46. The molecule has 2 fully saturated rings. The molecule has 21 heavy (non-hydrogen) atoms. The van der Waals surface area contributed by atoms with Crippen LogP contribution < -0.4 is 5.32 Å². The predicted molar refractivity (Wildman–Crippen MR) is 79.6 cm³/mol. The van der Waals surface area contributed by atoms with Crippen LogP contribution in [0.15, 0.2) is 24.5 Å². The SMILES string of the molecule is CC(C)NC(=O)[C@@H]1C[C@H]2CN(Cc3cccnc3)C[C@H]1O2. The zero-order valence-electron chi connectivity index (χ0n) is 12.7. The van der Waals surface area contributed by atoms with E-state index in [2.05, 4.69) is 21.3 Å². The van der Waals surface area contributed by atoms with Crippen molar-refractivity contribution in [3.8, 4) is 0 Å². The summed E-state index contributed by atoms with van der Waals surface area (Å²) in [5, 5.41) is 3.01. The monoisotopic (exact) mass is 289 g/mol. The molecule has 0 saturated carbocycles. The molecule has 0 unspecified atom stereocenters. The Morgan fingerprint density at radius 3 is 3.10 bits per heavy atom. The number of morpholine rings is 1. The molecule has 5 heteroatoms. The lowest BCUT2D eigenvalue weighted by Crippen LogP contribution is -2.45. The Kier molecular flexibility index (Phi) is 4.22. The predicted octanol–water partition coefficient (Wildman–Crippen LogP) is 1.20. The van der Waals surface area contributed by atoms with Crippen molar-refractivity contribution in [1.82, 2.24) is 15.2 Å². The highest BCUT2D eigenvalue weighted by molar-refractivity contribution is 5.80. The standard InChI is InChI=1S/C16H23N3O2/c1-11(2)18-16(20)14-6-13-9-19(10-15(14)21-13)8-12-4-3-5-17-7-12/h3-5,7,11,13-15H,6,8-10H2,1-2H3,(H,18,20)/t13-,14+,15+/m0/s1. The van der Waals surface area contributed by atoms with E-state index in [4.69, 9.17) is 4.74 Å². The van der Waals surface area contributed by atoms with E-state index in [-0.39, 0.29) is 30.1 Å². The first-order valence-corrected chi connectivity index (χ1v) is 7.69. The Labute approximate surface area is 125 Å². The molecule has 3 rings (SSSR count). The second kappa shape index (κ2) is 6.12. The number of hydrogen-bond acceptors (Lipinski definition) is 4. The molecule has 3 atom stereocenters. The quantitative estimate of drug-likeness (QED) is 0.905. The zero-order chi connectivity index (χ0) is 14.8. The van der Waals surface area contributed by atoms with Gasteiger partial charge in [-0.05, 0) is 31.9 Å². The van der Waals surface area contributed by atoms with E-state index in [1.807, 2.05) is 26.1 Å². The van der Waals surface area contributed by atoms with Gasteiger partial charge >= 0.3 is 0 Å². The smallest absolute Gasteiger partial charge is 0.226 e. The van der Waals surface area contributed by atoms with Gasteiger partial charge in [0.2, 0.25) is 5.91 Å². The van der Waals surface area contributed by atoms with E-state index in [1.165, 1.54) is 5.56 Å². The van der Waals surface area contributed by atoms with Crippen LogP contribution in [0.25, 0.3) is 0 Å². The first-order chi connectivity index (χ1) is 10.1. The highest BCUT2D eigenvalue weighted by Gasteiger charge is 2.44. The van der Waals surface area contributed by atoms with Crippen molar-refractivity contribution in [1.29, 1.82) is 0 Å². The molecule has 3 heterocycles. The van der Waals surface area contributed by atoms with Gasteiger partial charge in [-0.15, -0.1) is 0 Å². The fraction of sp³-hybridized carbons (Fsp3) is 0.625. The summed E-state index contributed by atoms with van der Waals surface area (Å²) in [5.41, 5.74) is 1.21. The van der Waals surface area contributed by atoms with Gasteiger partial charge in [-0.3, -0.25) is 14.7 Å². The summed E-state index contributed by atoms with van der Waals surface area (Å²) in [5.74, 6) is 0.136. The van der Waals surface area contributed by atoms with Crippen LogP contribution in [0.5, 0.6) is 0 Å². The summed E-state index contributed by atoms with van der Waals surface area (Å²) in [7, 11) is 0. The minimum Gasteiger partial charge on any atom is -0.371 e. The van der Waals surface area contributed by atoms with Crippen LogP contribution in [0.3, 0.4) is 0 Å². The van der Waals surface area contributed by atoms with Crippen LogP contribution >= 0.6 is 0 Å². The van der Waals surface area contributed by atoms with Crippen LogP contribution in [-0.2, 0) is 16.1 Å². The van der Waals surface area contributed by atoms with Crippen molar-refractivity contribution in [3.63, 3.8) is 0 Å². The molecule has 1 aromatic rings. The third kappa shape index (κ3) is 3.41. The lowest BCUT2D eigenvalue weighted by Gasteiger charge is -2.32. The topological polar surface area (TPSA) is 54.5 Å². The molecule has 2 aliphatic heterocycles. The van der Waals surface area contributed by atoms with Gasteiger partial charge in [-0.1, -0.05) is 6.07 Å². The summed E-state index contributed by atoms with van der Waals surface area (Å²) in [6, 6.07) is 4.24. The molecule has 2 saturated heterocycles. The average Bonchev–Trinajstić information content (AvgIpc) is 2.74. The number of ether oxygens (including phenoxy) is 1. The molecule has 1 amide bonds. The number of pyridine rings is 1. The Bertz CT molecular complexity index is 492. The van der Waals surface area contributed by atoms with Crippen LogP contribution in [0.2, 0.25) is 0 Å². The van der Waals surface area contributed by atoms with Crippen molar-refractivity contribution in [2.24, 2.45) is 5.92 Å². The largest absolute Gasteiger partial charge is 0.371 e. The van der Waals surface area contributed by atoms with Gasteiger partial charge in [0, 0.05) is 38.1 Å². The van der Waals surface area contributed by atoms with Gasteiger partial charge < -0.3 is 10.1 Å². The van der Waals surface area contributed by atoms with E-state index in [9.17, 15) is 4.79 Å². The average molecular weight is 289 g/mol. The summed E-state index contributed by atoms with van der Waals surface area (Å²) in [6.45, 7) is 6.59. The number of likely N-dealkylation sites (tertiary alicyclic amines) is 1. The van der Waals surface area contributed by atoms with E-state index in [0.29, 0.717) is 0 Å². The van der Waals surface area contributed by atoms with E-state index < -0.39 is 0 Å². The maximum absolute atomic E-state index is 12.2. The molecular formula is C16H23N3O2. The van der Waals surface area contributed by atoms with Crippen molar-refractivity contribution in [3.05, 3.63) is 30.1 Å². The minimum absolute atomic E-state index is 0.00343. The van der Waals surface area contributed by atoms with Gasteiger partial charge in [-0.25, -0.2) is 0 Å². The number of carbonyl (C=O) groups excluding carboxylic acids is 1. The van der Waals surface area contributed by atoms with Gasteiger partial charge in [0.25, 0.3) is 0 Å². The van der Waals surface area contributed by atoms with Gasteiger partial charge in [0.1, 0.15) is 0 Å². The Morgan fingerprint density at radius 2 is 2.38 bits per heavy atom. The number of amides is 1. The van der Waals surface area contributed by atoms with Crippen LogP contribution in [0.1, 0.15) is 25.8 Å². The Morgan fingerprint density at radius 1 is 1.52 bits per heavy atom. The van der Waals surface area contributed by atoms with E-state index >= 15 is 0 Å². The number of fused-ring (bicyclic) bond motifs is 2. The number of nitrogens with one attached hydrogen (secondary N) is 1. The maximum atomic E-state index is 12.2. The fourth-order valence-corrected chi connectivity index (χ4v) is 3.28. The highest BCUT2D eigenvalue weighted by atomic mass is 16.5. The van der Waals surface area contributed by atoms with Gasteiger partial charge in [-0.2, -0.15) is 0 Å². The molecule has 114 valence electrons. The first-order valence-electron chi connectivity index (χ1n) is 7.69. The van der Waals surface area contributed by atoms with Crippen LogP contribution in [0, 0.1) is 5.92 Å². The maximum Gasteiger partial charge on any atom is 0.226 e. The van der Waals surface area contributed by atoms with Crippen molar-refractivity contribution in [2.45, 2.75) is 45.1 Å². The number of nitrogens with zero attached hydrogens (tertiary/aromatic N) is 2. The lowest BCUT2D eigenvalue weighted by atomic mass is 9.99. The third-order valence-corrected chi connectivity index (χ3v) is 4.13. The van der Waals surface area contributed by atoms with Crippen molar-refractivity contribution < 1.29 is 9.53 Å². The van der Waals surface area contributed by atoms with E-state index in [0.717, 1.165) is 26.1 Å². The molecule has 1 aromatic heterocycles.